The van der Waals surface area contributed by atoms with Crippen molar-refractivity contribution < 1.29 is 19.1 Å². The standard InChI is InChI=1S/C17H23N3O4.ClH/c1-23-13-3-4-14(15(10-13)24-2)20-11-12(9-16(20)21)17(22)19-7-5-18-6-8-19;/h3-4,10,12,18H,5-9,11H2,1-2H3;1H. The van der Waals surface area contributed by atoms with Crippen molar-refractivity contribution in [1.29, 1.82) is 0 Å². The van der Waals surface area contributed by atoms with Crippen LogP contribution in [0.15, 0.2) is 18.2 Å². The lowest BCUT2D eigenvalue weighted by Gasteiger charge is -2.29. The molecular formula is C17H24ClN3O4. The molecule has 2 aliphatic rings. The minimum absolute atomic E-state index is 0. The molecule has 2 heterocycles. The van der Waals surface area contributed by atoms with Crippen LogP contribution in [0.2, 0.25) is 0 Å². The van der Waals surface area contributed by atoms with Crippen LogP contribution in [0.5, 0.6) is 11.5 Å². The van der Waals surface area contributed by atoms with E-state index in [4.69, 9.17) is 9.47 Å². The van der Waals surface area contributed by atoms with Crippen molar-refractivity contribution in [1.82, 2.24) is 10.2 Å². The molecule has 0 bridgehead atoms. The van der Waals surface area contributed by atoms with Crippen molar-refractivity contribution in [3.63, 3.8) is 0 Å². The Morgan fingerprint density at radius 2 is 1.92 bits per heavy atom. The van der Waals surface area contributed by atoms with Gasteiger partial charge < -0.3 is 24.6 Å². The average molecular weight is 370 g/mol. The molecule has 2 aliphatic heterocycles. The summed E-state index contributed by atoms with van der Waals surface area (Å²) in [6, 6.07) is 5.33. The van der Waals surface area contributed by atoms with E-state index >= 15 is 0 Å². The normalized spacial score (nSPS) is 20.2. The van der Waals surface area contributed by atoms with Crippen LogP contribution < -0.4 is 19.7 Å². The lowest BCUT2D eigenvalue weighted by atomic mass is 10.1. The first-order chi connectivity index (χ1) is 11.6. The van der Waals surface area contributed by atoms with Gasteiger partial charge in [0, 0.05) is 45.2 Å². The quantitative estimate of drug-likeness (QED) is 0.854. The molecule has 25 heavy (non-hydrogen) atoms. The predicted octanol–water partition coefficient (Wildman–Crippen LogP) is 0.910. The van der Waals surface area contributed by atoms with E-state index in [1.165, 1.54) is 0 Å². The number of amides is 2. The Labute approximate surface area is 153 Å². The van der Waals surface area contributed by atoms with E-state index < -0.39 is 0 Å². The molecular weight excluding hydrogens is 346 g/mol. The molecule has 2 saturated heterocycles. The molecule has 138 valence electrons. The Bertz CT molecular complexity index is 634. The molecule has 0 radical (unpaired) electrons. The van der Waals surface area contributed by atoms with Crippen molar-refractivity contribution in [2.75, 3.05) is 51.8 Å². The van der Waals surface area contributed by atoms with Crippen LogP contribution in [0.25, 0.3) is 0 Å². The summed E-state index contributed by atoms with van der Waals surface area (Å²) in [5, 5.41) is 3.23. The molecule has 1 atom stereocenters. The maximum Gasteiger partial charge on any atom is 0.228 e. The van der Waals surface area contributed by atoms with E-state index in [0.29, 0.717) is 36.8 Å². The van der Waals surface area contributed by atoms with Crippen molar-refractivity contribution in [3.8, 4) is 11.5 Å². The minimum Gasteiger partial charge on any atom is -0.497 e. The second-order valence-corrected chi connectivity index (χ2v) is 6.02. The zero-order valence-electron chi connectivity index (χ0n) is 14.5. The van der Waals surface area contributed by atoms with Crippen LogP contribution in [-0.2, 0) is 9.59 Å². The fourth-order valence-electron chi connectivity index (χ4n) is 3.26. The van der Waals surface area contributed by atoms with Crippen molar-refractivity contribution >= 4 is 29.9 Å². The van der Waals surface area contributed by atoms with E-state index in [1.54, 1.807) is 37.3 Å². The van der Waals surface area contributed by atoms with E-state index in [0.717, 1.165) is 13.1 Å². The number of hydrogen-bond acceptors (Lipinski definition) is 5. The molecule has 2 fully saturated rings. The third kappa shape index (κ3) is 3.99. The molecule has 8 heteroatoms. The molecule has 1 N–H and O–H groups in total. The van der Waals surface area contributed by atoms with E-state index in [1.807, 2.05) is 4.90 Å². The summed E-state index contributed by atoms with van der Waals surface area (Å²) in [7, 11) is 3.14. The number of rotatable bonds is 4. The lowest BCUT2D eigenvalue weighted by Crippen LogP contribution is -2.48. The summed E-state index contributed by atoms with van der Waals surface area (Å²) in [6.45, 7) is 3.42. The van der Waals surface area contributed by atoms with E-state index in [2.05, 4.69) is 5.32 Å². The maximum atomic E-state index is 12.6. The summed E-state index contributed by atoms with van der Waals surface area (Å²) < 4.78 is 10.6. The Balaban J connectivity index is 0.00000225. The van der Waals surface area contributed by atoms with Crippen LogP contribution in [0, 0.1) is 5.92 Å². The van der Waals surface area contributed by atoms with Gasteiger partial charge in [-0.3, -0.25) is 9.59 Å². The molecule has 1 aromatic rings. The molecule has 1 aromatic carbocycles. The van der Waals surface area contributed by atoms with E-state index in [9.17, 15) is 9.59 Å². The number of hydrogen-bond donors (Lipinski definition) is 1. The second-order valence-electron chi connectivity index (χ2n) is 6.02. The molecule has 3 rings (SSSR count). The summed E-state index contributed by atoms with van der Waals surface area (Å²) >= 11 is 0. The van der Waals surface area contributed by atoms with Gasteiger partial charge in [0.15, 0.2) is 0 Å². The highest BCUT2D eigenvalue weighted by molar-refractivity contribution is 6.01. The first kappa shape index (κ1) is 19.3. The molecule has 1 unspecified atom stereocenters. The molecule has 0 saturated carbocycles. The van der Waals surface area contributed by atoms with Crippen molar-refractivity contribution in [2.24, 2.45) is 5.92 Å². The number of benzene rings is 1. The highest BCUT2D eigenvalue weighted by Gasteiger charge is 2.38. The smallest absolute Gasteiger partial charge is 0.228 e. The summed E-state index contributed by atoms with van der Waals surface area (Å²) in [5.74, 6) is 0.961. The number of nitrogens with zero attached hydrogens (tertiary/aromatic N) is 2. The number of anilines is 1. The minimum atomic E-state index is -0.289. The molecule has 0 aromatic heterocycles. The molecule has 0 aliphatic carbocycles. The first-order valence-electron chi connectivity index (χ1n) is 8.16. The topological polar surface area (TPSA) is 71.1 Å². The number of methoxy groups -OCH3 is 2. The zero-order chi connectivity index (χ0) is 17.1. The summed E-state index contributed by atoms with van der Waals surface area (Å²) in [6.07, 6.45) is 0.248. The highest BCUT2D eigenvalue weighted by atomic mass is 35.5. The van der Waals surface area contributed by atoms with Gasteiger partial charge in [-0.25, -0.2) is 0 Å². The van der Waals surface area contributed by atoms with Crippen LogP contribution in [0.1, 0.15) is 6.42 Å². The molecule has 0 spiro atoms. The number of carbonyl (C=O) groups excluding carboxylic acids is 2. The Morgan fingerprint density at radius 3 is 2.56 bits per heavy atom. The summed E-state index contributed by atoms with van der Waals surface area (Å²) in [5.41, 5.74) is 0.680. The number of carbonyl (C=O) groups is 2. The Hall–Kier alpha value is -1.99. The summed E-state index contributed by atoms with van der Waals surface area (Å²) in [4.78, 5) is 28.6. The van der Waals surface area contributed by atoms with E-state index in [-0.39, 0.29) is 36.6 Å². The monoisotopic (exact) mass is 369 g/mol. The molecule has 2 amide bonds. The van der Waals surface area contributed by atoms with Gasteiger partial charge in [-0.15, -0.1) is 12.4 Å². The third-order valence-corrected chi connectivity index (χ3v) is 4.58. The average Bonchev–Trinajstić information content (AvgIpc) is 3.02. The van der Waals surface area contributed by atoms with Crippen LogP contribution >= 0.6 is 12.4 Å². The van der Waals surface area contributed by atoms with Gasteiger partial charge in [-0.1, -0.05) is 0 Å². The largest absolute Gasteiger partial charge is 0.497 e. The number of ether oxygens (including phenoxy) is 2. The van der Waals surface area contributed by atoms with Gasteiger partial charge in [0.25, 0.3) is 0 Å². The van der Waals surface area contributed by atoms with Gasteiger partial charge in [0.1, 0.15) is 11.5 Å². The predicted molar refractivity (Wildman–Crippen MR) is 96.7 cm³/mol. The fourth-order valence-corrected chi connectivity index (χ4v) is 3.26. The van der Waals surface area contributed by atoms with Gasteiger partial charge in [0.05, 0.1) is 25.8 Å². The first-order valence-corrected chi connectivity index (χ1v) is 8.16. The van der Waals surface area contributed by atoms with Crippen LogP contribution in [0.4, 0.5) is 5.69 Å². The van der Waals surface area contributed by atoms with Crippen LogP contribution in [0.3, 0.4) is 0 Å². The SMILES string of the molecule is COc1ccc(N2CC(C(=O)N3CCNCC3)CC2=O)c(OC)c1.Cl. The van der Waals surface area contributed by atoms with Crippen LogP contribution in [-0.4, -0.2) is 63.7 Å². The number of nitrogens with one attached hydrogen (secondary N) is 1. The Morgan fingerprint density at radius 1 is 1.20 bits per heavy atom. The van der Waals surface area contributed by atoms with Gasteiger partial charge >= 0.3 is 0 Å². The number of halogens is 1. The van der Waals surface area contributed by atoms with Gasteiger partial charge in [0.2, 0.25) is 11.8 Å². The second kappa shape index (κ2) is 8.40. The zero-order valence-corrected chi connectivity index (χ0v) is 15.3. The lowest BCUT2D eigenvalue weighted by molar-refractivity contribution is -0.136. The highest BCUT2D eigenvalue weighted by Crippen LogP contribution is 2.36. The van der Waals surface area contributed by atoms with Crippen molar-refractivity contribution in [2.45, 2.75) is 6.42 Å². The van der Waals surface area contributed by atoms with Gasteiger partial charge in [-0.05, 0) is 12.1 Å². The third-order valence-electron chi connectivity index (χ3n) is 4.58. The fraction of sp³-hybridized carbons (Fsp3) is 0.529. The van der Waals surface area contributed by atoms with Gasteiger partial charge in [-0.2, -0.15) is 0 Å². The van der Waals surface area contributed by atoms with Crippen molar-refractivity contribution in [3.05, 3.63) is 18.2 Å². The Kier molecular flexibility index (Phi) is 6.50. The molecule has 7 nitrogen and oxygen atoms in total. The maximum absolute atomic E-state index is 12.6. The number of piperazine rings is 1.